The van der Waals surface area contributed by atoms with Gasteiger partial charge < -0.3 is 34.3 Å². The second-order valence-electron chi connectivity index (χ2n) is 6.98. The smallest absolute Gasteiger partial charge is 0.184 e. The Bertz CT molecular complexity index is 677. The summed E-state index contributed by atoms with van der Waals surface area (Å²) in [4.78, 5) is 0. The molecule has 2 aliphatic rings. The predicted octanol–water partition coefficient (Wildman–Crippen LogP) is 1.30. The Hall–Kier alpha value is -1.84. The Labute approximate surface area is 163 Å². The molecule has 0 spiro atoms. The average molecular weight is 388 g/mol. The Balaban J connectivity index is 1.48. The van der Waals surface area contributed by atoms with E-state index in [0.29, 0.717) is 0 Å². The van der Waals surface area contributed by atoms with Crippen molar-refractivity contribution >= 4 is 0 Å². The summed E-state index contributed by atoms with van der Waals surface area (Å²) in [6.45, 7) is 0.00539. The molecule has 0 amide bonds. The van der Waals surface area contributed by atoms with Gasteiger partial charge in [0.15, 0.2) is 12.6 Å². The number of aliphatic hydroxyl groups excluding tert-OH is 3. The fraction of sp³-hybridized carbons (Fsp3) is 0.429. The number of benzene rings is 2. The van der Waals surface area contributed by atoms with Gasteiger partial charge in [-0.2, -0.15) is 0 Å². The minimum Gasteiger partial charge on any atom is -0.388 e. The van der Waals surface area contributed by atoms with Crippen LogP contribution in [0.1, 0.15) is 23.7 Å². The van der Waals surface area contributed by atoms with Crippen molar-refractivity contribution in [3.8, 4) is 0 Å². The summed E-state index contributed by atoms with van der Waals surface area (Å²) in [6, 6.07) is 18.6. The Morgan fingerprint density at radius 1 is 0.679 bits per heavy atom. The summed E-state index contributed by atoms with van der Waals surface area (Å²) in [7, 11) is 0. The van der Waals surface area contributed by atoms with E-state index < -0.39 is 43.1 Å². The lowest BCUT2D eigenvalue weighted by Gasteiger charge is -2.42. The zero-order chi connectivity index (χ0) is 19.5. The largest absolute Gasteiger partial charge is 0.388 e. The van der Waals surface area contributed by atoms with Crippen LogP contribution in [0.5, 0.6) is 0 Å². The van der Waals surface area contributed by atoms with Gasteiger partial charge in [-0.3, -0.25) is 0 Å². The average Bonchev–Trinajstić information content (AvgIpc) is 2.75. The van der Waals surface area contributed by atoms with E-state index in [9.17, 15) is 15.3 Å². The summed E-state index contributed by atoms with van der Waals surface area (Å²) in [5.41, 5.74) is 1.56. The summed E-state index contributed by atoms with van der Waals surface area (Å²) in [5.74, 6) is 0. The summed E-state index contributed by atoms with van der Waals surface area (Å²) < 4.78 is 22.8. The van der Waals surface area contributed by atoms with E-state index in [4.69, 9.17) is 18.9 Å². The van der Waals surface area contributed by atoms with Gasteiger partial charge in [0.25, 0.3) is 0 Å². The fourth-order valence-corrected chi connectivity index (χ4v) is 3.48. The molecule has 7 nitrogen and oxygen atoms in total. The van der Waals surface area contributed by atoms with Crippen LogP contribution < -0.4 is 0 Å². The maximum atomic E-state index is 10.9. The molecule has 0 radical (unpaired) electrons. The molecule has 0 saturated carbocycles. The van der Waals surface area contributed by atoms with Gasteiger partial charge in [-0.25, -0.2) is 0 Å². The topological polar surface area (TPSA) is 97.6 Å². The van der Waals surface area contributed by atoms with Crippen molar-refractivity contribution in [2.75, 3.05) is 13.2 Å². The van der Waals surface area contributed by atoms with Crippen molar-refractivity contribution in [3.63, 3.8) is 0 Å². The number of ether oxygens (including phenoxy) is 4. The minimum absolute atomic E-state index is 0.00270. The molecule has 2 aliphatic heterocycles. The molecule has 0 bridgehead atoms. The lowest BCUT2D eigenvalue weighted by atomic mass is 9.97. The molecule has 3 unspecified atom stereocenters. The maximum absolute atomic E-state index is 10.9. The van der Waals surface area contributed by atoms with Gasteiger partial charge in [0.05, 0.1) is 13.2 Å². The first-order valence-electron chi connectivity index (χ1n) is 9.31. The van der Waals surface area contributed by atoms with Crippen molar-refractivity contribution < 1.29 is 34.3 Å². The Kier molecular flexibility index (Phi) is 6.03. The van der Waals surface area contributed by atoms with Gasteiger partial charge in [-0.1, -0.05) is 60.7 Å². The summed E-state index contributed by atoms with van der Waals surface area (Å²) >= 11 is 0. The van der Waals surface area contributed by atoms with Crippen LogP contribution in [0.4, 0.5) is 0 Å². The van der Waals surface area contributed by atoms with Crippen LogP contribution in [0.2, 0.25) is 0 Å². The van der Waals surface area contributed by atoms with Crippen molar-refractivity contribution in [3.05, 3.63) is 71.8 Å². The van der Waals surface area contributed by atoms with Crippen molar-refractivity contribution in [1.29, 1.82) is 0 Å². The van der Waals surface area contributed by atoms with E-state index in [0.717, 1.165) is 11.1 Å². The first kappa shape index (κ1) is 19.5. The van der Waals surface area contributed by atoms with E-state index in [1.54, 1.807) is 0 Å². The highest BCUT2D eigenvalue weighted by atomic mass is 16.7. The lowest BCUT2D eigenvalue weighted by molar-refractivity contribution is -0.318. The minimum atomic E-state index is -1.27. The number of aliphatic hydroxyl groups is 3. The molecule has 28 heavy (non-hydrogen) atoms. The number of hydrogen-bond acceptors (Lipinski definition) is 7. The van der Waals surface area contributed by atoms with Crippen LogP contribution in [0.15, 0.2) is 60.7 Å². The SMILES string of the molecule is OC(C1O[C@H](c2ccccc2)OC[C@H]1O)C1O[C@H](c2ccccc2)OC[C@@H]1O. The highest BCUT2D eigenvalue weighted by molar-refractivity contribution is 5.17. The van der Waals surface area contributed by atoms with Crippen LogP contribution >= 0.6 is 0 Å². The molecule has 2 saturated heterocycles. The summed E-state index contributed by atoms with van der Waals surface area (Å²) in [6.07, 6.45) is -6.76. The highest BCUT2D eigenvalue weighted by Crippen LogP contribution is 2.33. The van der Waals surface area contributed by atoms with Gasteiger partial charge >= 0.3 is 0 Å². The third-order valence-corrected chi connectivity index (χ3v) is 4.97. The van der Waals surface area contributed by atoms with E-state index in [2.05, 4.69) is 0 Å². The predicted molar refractivity (Wildman–Crippen MR) is 98.0 cm³/mol. The van der Waals surface area contributed by atoms with Crippen LogP contribution in [0.25, 0.3) is 0 Å². The van der Waals surface area contributed by atoms with Gasteiger partial charge in [-0.05, 0) is 0 Å². The molecule has 2 fully saturated rings. The number of rotatable bonds is 4. The fourth-order valence-electron chi connectivity index (χ4n) is 3.48. The van der Waals surface area contributed by atoms with Crippen molar-refractivity contribution in [1.82, 2.24) is 0 Å². The van der Waals surface area contributed by atoms with E-state index in [1.165, 1.54) is 0 Å². The molecule has 150 valence electrons. The van der Waals surface area contributed by atoms with Crippen molar-refractivity contribution in [2.24, 2.45) is 0 Å². The first-order chi connectivity index (χ1) is 13.6. The van der Waals surface area contributed by atoms with Gasteiger partial charge in [0, 0.05) is 11.1 Å². The maximum Gasteiger partial charge on any atom is 0.184 e. The molecular formula is C21H24O7. The van der Waals surface area contributed by atoms with E-state index >= 15 is 0 Å². The molecule has 0 aromatic heterocycles. The molecule has 7 atom stereocenters. The van der Waals surface area contributed by atoms with Crippen LogP contribution in [0.3, 0.4) is 0 Å². The lowest BCUT2D eigenvalue weighted by Crippen LogP contribution is -2.57. The molecular weight excluding hydrogens is 364 g/mol. The Morgan fingerprint density at radius 2 is 1.07 bits per heavy atom. The molecule has 2 aromatic rings. The standard InChI is InChI=1S/C21H24O7/c22-15-11-25-20(13-7-3-1-4-8-13)27-18(15)17(24)19-16(23)12-26-21(28-19)14-9-5-2-6-10-14/h1-10,15-24H,11-12H2/t15-,16+,17?,18?,19?,20-,21-/m1/s1. The molecule has 2 heterocycles. The summed E-state index contributed by atoms with van der Waals surface area (Å²) in [5, 5.41) is 31.5. The molecule has 3 N–H and O–H groups in total. The third kappa shape index (κ3) is 4.11. The molecule has 0 aliphatic carbocycles. The van der Waals surface area contributed by atoms with Gasteiger partial charge in [0.2, 0.25) is 0 Å². The monoisotopic (exact) mass is 388 g/mol. The van der Waals surface area contributed by atoms with Crippen LogP contribution in [-0.2, 0) is 18.9 Å². The zero-order valence-electron chi connectivity index (χ0n) is 15.2. The van der Waals surface area contributed by atoms with Gasteiger partial charge in [-0.15, -0.1) is 0 Å². The normalized spacial score (nSPS) is 34.7. The molecule has 4 rings (SSSR count). The van der Waals surface area contributed by atoms with Crippen molar-refractivity contribution in [2.45, 2.75) is 43.1 Å². The quantitative estimate of drug-likeness (QED) is 0.726. The molecule has 2 aromatic carbocycles. The zero-order valence-corrected chi connectivity index (χ0v) is 15.2. The molecule has 7 heteroatoms. The van der Waals surface area contributed by atoms with E-state index in [1.807, 2.05) is 60.7 Å². The second-order valence-corrected chi connectivity index (χ2v) is 6.98. The Morgan fingerprint density at radius 3 is 1.46 bits per heavy atom. The van der Waals surface area contributed by atoms with Gasteiger partial charge in [0.1, 0.15) is 30.5 Å². The van der Waals surface area contributed by atoms with E-state index in [-0.39, 0.29) is 13.2 Å². The first-order valence-corrected chi connectivity index (χ1v) is 9.31. The third-order valence-electron chi connectivity index (χ3n) is 4.97. The van der Waals surface area contributed by atoms with Crippen LogP contribution in [0, 0.1) is 0 Å². The highest BCUT2D eigenvalue weighted by Gasteiger charge is 2.45. The van der Waals surface area contributed by atoms with Crippen LogP contribution in [-0.4, -0.2) is 59.1 Å². The number of hydrogen-bond donors (Lipinski definition) is 3. The second kappa shape index (κ2) is 8.67.